The largest absolute Gasteiger partial charge is 0.367 e. The van der Waals surface area contributed by atoms with Gasteiger partial charge >= 0.3 is 7.60 Å². The summed E-state index contributed by atoms with van der Waals surface area (Å²) in [5.41, 5.74) is 0. The van der Waals surface area contributed by atoms with Gasteiger partial charge in [-0.2, -0.15) is 12.6 Å². The fourth-order valence-electron chi connectivity index (χ4n) is 1.13. The van der Waals surface area contributed by atoms with Gasteiger partial charge in [-0.05, 0) is 6.08 Å². The van der Waals surface area contributed by atoms with Gasteiger partial charge in [0.25, 0.3) is 0 Å². The number of nitrogens with one attached hydrogen (secondary N) is 1. The summed E-state index contributed by atoms with van der Waals surface area (Å²) in [7, 11) is -4.11. The average Bonchev–Trinajstić information content (AvgIpc) is 2.13. The third-order valence-electron chi connectivity index (χ3n) is 1.85. The Kier molecular flexibility index (Phi) is 5.26. The van der Waals surface area contributed by atoms with Gasteiger partial charge in [0.2, 0.25) is 0 Å². The highest BCUT2D eigenvalue weighted by atomic mass is 32.1. The molecule has 2 atom stereocenters. The van der Waals surface area contributed by atoms with E-state index in [-0.39, 0.29) is 12.0 Å². The highest BCUT2D eigenvalue weighted by Crippen LogP contribution is 2.33. The van der Waals surface area contributed by atoms with Gasteiger partial charge in [-0.1, -0.05) is 0 Å². The highest BCUT2D eigenvalue weighted by molar-refractivity contribution is 7.81. The van der Waals surface area contributed by atoms with Crippen LogP contribution in [0.3, 0.4) is 0 Å². The lowest BCUT2D eigenvalue weighted by atomic mass is 10.4. The Hall–Kier alpha value is -0.0800. The van der Waals surface area contributed by atoms with E-state index in [1.807, 2.05) is 0 Å². The van der Waals surface area contributed by atoms with Crippen LogP contribution >= 0.6 is 20.2 Å². The van der Waals surface area contributed by atoms with Crippen molar-refractivity contribution < 1.29 is 24.2 Å². The second-order valence-corrected chi connectivity index (χ2v) is 5.41. The summed E-state index contributed by atoms with van der Waals surface area (Å²) >= 11 is 4.09. The zero-order valence-corrected chi connectivity index (χ0v) is 10.2. The zero-order chi connectivity index (χ0) is 12.2. The van der Waals surface area contributed by atoms with Crippen molar-refractivity contribution in [2.75, 3.05) is 19.5 Å². The van der Waals surface area contributed by atoms with Crippen LogP contribution < -0.4 is 5.32 Å². The third-order valence-corrected chi connectivity index (χ3v) is 2.69. The molecule has 16 heavy (non-hydrogen) atoms. The van der Waals surface area contributed by atoms with Crippen molar-refractivity contribution in [2.45, 2.75) is 11.7 Å². The summed E-state index contributed by atoms with van der Waals surface area (Å²) in [4.78, 5) is 18.6. The molecular formula is C7H15N2O5PS. The van der Waals surface area contributed by atoms with E-state index in [0.29, 0.717) is 6.54 Å². The van der Waals surface area contributed by atoms with Gasteiger partial charge in [0, 0.05) is 12.7 Å². The predicted molar refractivity (Wildman–Crippen MR) is 60.6 cm³/mol. The van der Waals surface area contributed by atoms with E-state index in [1.54, 1.807) is 12.3 Å². The maximum atomic E-state index is 10.5. The average molecular weight is 270 g/mol. The number of thiol groups is 1. The highest BCUT2D eigenvalue weighted by Gasteiger charge is 2.18. The van der Waals surface area contributed by atoms with Gasteiger partial charge in [0.15, 0.2) is 6.35 Å². The minimum absolute atomic E-state index is 0.116. The summed E-state index contributed by atoms with van der Waals surface area (Å²) in [6.45, 7) is 0.441. The molecule has 0 fully saturated rings. The molecular weight excluding hydrogens is 255 g/mol. The molecule has 7 nitrogen and oxygen atoms in total. The van der Waals surface area contributed by atoms with Crippen LogP contribution in [-0.4, -0.2) is 51.0 Å². The van der Waals surface area contributed by atoms with E-state index in [2.05, 4.69) is 17.9 Å². The van der Waals surface area contributed by atoms with E-state index < -0.39 is 20.3 Å². The molecule has 0 amide bonds. The first-order chi connectivity index (χ1) is 7.38. The normalized spacial score (nSPS) is 26.1. The Morgan fingerprint density at radius 3 is 2.81 bits per heavy atom. The van der Waals surface area contributed by atoms with Crippen LogP contribution in [0.5, 0.6) is 0 Å². The Bertz CT molecular complexity index is 297. The third kappa shape index (κ3) is 5.31. The van der Waals surface area contributed by atoms with Crippen LogP contribution in [0.1, 0.15) is 0 Å². The van der Waals surface area contributed by atoms with Crippen LogP contribution in [0, 0.1) is 0 Å². The minimum Gasteiger partial charge on any atom is -0.367 e. The van der Waals surface area contributed by atoms with Gasteiger partial charge in [0.05, 0.1) is 12.0 Å². The number of hydrogen-bond donors (Lipinski definition) is 5. The van der Waals surface area contributed by atoms with E-state index in [4.69, 9.17) is 14.5 Å². The first-order valence-electron chi connectivity index (χ1n) is 4.57. The Labute approximate surface area is 98.7 Å². The molecule has 1 aliphatic rings. The molecule has 1 aliphatic heterocycles. The van der Waals surface area contributed by atoms with Crippen molar-refractivity contribution >= 4 is 20.2 Å². The summed E-state index contributed by atoms with van der Waals surface area (Å²) < 4.78 is 15.2. The van der Waals surface area contributed by atoms with Crippen LogP contribution in [0.2, 0.25) is 0 Å². The van der Waals surface area contributed by atoms with E-state index >= 15 is 0 Å². The molecule has 94 valence electrons. The lowest BCUT2D eigenvalue weighted by Gasteiger charge is -2.32. The van der Waals surface area contributed by atoms with Crippen molar-refractivity contribution in [1.82, 2.24) is 10.2 Å². The molecule has 9 heteroatoms. The zero-order valence-electron chi connectivity index (χ0n) is 8.43. The van der Waals surface area contributed by atoms with Crippen molar-refractivity contribution in [2.24, 2.45) is 0 Å². The molecule has 0 aromatic carbocycles. The van der Waals surface area contributed by atoms with E-state index in [9.17, 15) is 9.67 Å². The molecule has 0 aromatic heterocycles. The number of nitrogens with zero attached hydrogens (tertiary/aromatic N) is 1. The molecule has 0 saturated heterocycles. The van der Waals surface area contributed by atoms with Crippen molar-refractivity contribution in [3.8, 4) is 0 Å². The number of hydrogen-bond acceptors (Lipinski definition) is 6. The topological polar surface area (TPSA) is 102 Å². The van der Waals surface area contributed by atoms with Crippen LogP contribution in [-0.2, 0) is 9.30 Å². The molecule has 0 spiro atoms. The van der Waals surface area contributed by atoms with Gasteiger partial charge in [-0.25, -0.2) is 0 Å². The van der Waals surface area contributed by atoms with Crippen molar-refractivity contribution in [3.63, 3.8) is 0 Å². The lowest BCUT2D eigenvalue weighted by molar-refractivity contribution is -0.0104. The molecule has 0 radical (unpaired) electrons. The number of rotatable bonds is 5. The second kappa shape index (κ2) is 6.02. The quantitative estimate of drug-likeness (QED) is 0.250. The summed E-state index contributed by atoms with van der Waals surface area (Å²) in [6, 6.07) is 0. The monoisotopic (exact) mass is 270 g/mol. The Morgan fingerprint density at radius 2 is 2.25 bits per heavy atom. The molecule has 1 rings (SSSR count). The molecule has 4 N–H and O–H groups in total. The van der Waals surface area contributed by atoms with Crippen LogP contribution in [0.4, 0.5) is 0 Å². The fourth-order valence-corrected chi connectivity index (χ4v) is 1.71. The molecule has 0 bridgehead atoms. The molecule has 2 unspecified atom stereocenters. The smallest absolute Gasteiger partial charge is 0.350 e. The standard InChI is InChI=1S/C7H15N2O5PS/c10-7-8-6(16)1-2-9(7)3-4-14-5-15(11,12)13/h1-2,6-8,10,16H,3-5H2,(H2,11,12,13). The van der Waals surface area contributed by atoms with Crippen LogP contribution in [0.15, 0.2) is 12.3 Å². The number of aliphatic hydroxyl groups excluding tert-OH is 1. The second-order valence-electron chi connectivity index (χ2n) is 3.27. The summed E-state index contributed by atoms with van der Waals surface area (Å²) in [6.07, 6.45) is 1.91. The summed E-state index contributed by atoms with van der Waals surface area (Å²) in [5.74, 6) is 0. The van der Waals surface area contributed by atoms with Crippen LogP contribution in [0.25, 0.3) is 0 Å². The maximum Gasteiger partial charge on any atom is 0.350 e. The SMILES string of the molecule is O=P(O)(O)COCCN1C=CC(S)NC1O. The molecule has 0 saturated carbocycles. The minimum atomic E-state index is -4.11. The molecule has 0 aliphatic carbocycles. The fraction of sp³-hybridized carbons (Fsp3) is 0.714. The first kappa shape index (κ1) is 14.0. The number of aliphatic hydroxyl groups is 1. The van der Waals surface area contributed by atoms with Crippen molar-refractivity contribution in [3.05, 3.63) is 12.3 Å². The Balaban J connectivity index is 2.23. The van der Waals surface area contributed by atoms with Gasteiger partial charge < -0.3 is 24.5 Å². The van der Waals surface area contributed by atoms with E-state index in [1.165, 1.54) is 4.90 Å². The molecule has 0 aromatic rings. The maximum absolute atomic E-state index is 10.5. The van der Waals surface area contributed by atoms with Crippen molar-refractivity contribution in [1.29, 1.82) is 0 Å². The number of ether oxygens (including phenoxy) is 1. The van der Waals surface area contributed by atoms with Gasteiger partial charge in [-0.15, -0.1) is 0 Å². The first-order valence-corrected chi connectivity index (χ1v) is 6.88. The lowest BCUT2D eigenvalue weighted by Crippen LogP contribution is -2.49. The predicted octanol–water partition coefficient (Wildman–Crippen LogP) is -0.911. The Morgan fingerprint density at radius 1 is 1.56 bits per heavy atom. The van der Waals surface area contributed by atoms with E-state index in [0.717, 1.165) is 0 Å². The van der Waals surface area contributed by atoms with Gasteiger partial charge in [0.1, 0.15) is 6.35 Å². The summed E-state index contributed by atoms with van der Waals surface area (Å²) in [5, 5.41) is 12.0. The van der Waals surface area contributed by atoms with Gasteiger partial charge in [-0.3, -0.25) is 9.88 Å². The molecule has 1 heterocycles.